The van der Waals surface area contributed by atoms with Gasteiger partial charge in [0.1, 0.15) is 5.75 Å². The van der Waals surface area contributed by atoms with E-state index in [0.29, 0.717) is 12.6 Å². The number of para-hydroxylation sites is 1. The summed E-state index contributed by atoms with van der Waals surface area (Å²) in [5.41, 5.74) is 6.98. The second-order valence-electron chi connectivity index (χ2n) is 6.26. The summed E-state index contributed by atoms with van der Waals surface area (Å²) in [7, 11) is 0. The zero-order chi connectivity index (χ0) is 15.9. The lowest BCUT2D eigenvalue weighted by Gasteiger charge is -2.19. The number of hydrogen-bond donors (Lipinski definition) is 2. The van der Waals surface area contributed by atoms with E-state index < -0.39 is 6.04 Å². The third kappa shape index (κ3) is 4.47. The molecule has 0 heterocycles. The summed E-state index contributed by atoms with van der Waals surface area (Å²) in [5.74, 6) is 0.974. The molecule has 0 spiro atoms. The molecule has 1 fully saturated rings. The fourth-order valence-electron chi connectivity index (χ4n) is 2.76. The Kier molecular flexibility index (Phi) is 6.25. The second kappa shape index (κ2) is 8.18. The van der Waals surface area contributed by atoms with Crippen LogP contribution in [0.1, 0.15) is 51.5 Å². The van der Waals surface area contributed by atoms with E-state index >= 15 is 0 Å². The van der Waals surface area contributed by atoms with Gasteiger partial charge in [-0.1, -0.05) is 38.5 Å². The van der Waals surface area contributed by atoms with Crippen molar-refractivity contribution in [3.05, 3.63) is 29.8 Å². The van der Waals surface area contributed by atoms with Crippen LogP contribution in [-0.4, -0.2) is 18.1 Å². The molecule has 0 bridgehead atoms. The van der Waals surface area contributed by atoms with Gasteiger partial charge in [0.05, 0.1) is 12.1 Å². The molecule has 1 aliphatic rings. The molecular weight excluding hydrogens is 276 g/mol. The van der Waals surface area contributed by atoms with E-state index in [1.807, 2.05) is 38.1 Å². The molecule has 3 N–H and O–H groups in total. The molecule has 1 aromatic rings. The fraction of sp³-hybridized carbons (Fsp3) is 0.611. The predicted molar refractivity (Wildman–Crippen MR) is 88.6 cm³/mol. The Bertz CT molecular complexity index is 484. The zero-order valence-electron chi connectivity index (χ0n) is 13.7. The Hall–Kier alpha value is -1.55. The molecule has 2 atom stereocenters. The van der Waals surface area contributed by atoms with Gasteiger partial charge < -0.3 is 15.8 Å². The topological polar surface area (TPSA) is 64.4 Å². The molecule has 2 unspecified atom stereocenters. The van der Waals surface area contributed by atoms with Crippen LogP contribution in [0.3, 0.4) is 0 Å². The van der Waals surface area contributed by atoms with Crippen LogP contribution in [0.25, 0.3) is 0 Å². The molecule has 0 saturated heterocycles. The first-order chi connectivity index (χ1) is 10.6. The standard InChI is InChI=1S/C18H28N2O2/c1-3-13(2)17(19)18(21)20-12-14-8-4-7-11-16(14)22-15-9-5-6-10-15/h4,7-8,11,13,15,17H,3,5-6,9-10,12,19H2,1-2H3,(H,20,21). The van der Waals surface area contributed by atoms with Crippen LogP contribution >= 0.6 is 0 Å². The number of ether oxygens (including phenoxy) is 1. The van der Waals surface area contributed by atoms with E-state index in [1.54, 1.807) is 0 Å². The van der Waals surface area contributed by atoms with Crippen LogP contribution in [0.4, 0.5) is 0 Å². The predicted octanol–water partition coefficient (Wildman–Crippen LogP) is 3.00. The number of benzene rings is 1. The van der Waals surface area contributed by atoms with E-state index in [-0.39, 0.29) is 11.8 Å². The largest absolute Gasteiger partial charge is 0.490 e. The maximum absolute atomic E-state index is 12.1. The average molecular weight is 304 g/mol. The Balaban J connectivity index is 1.93. The molecule has 0 aromatic heterocycles. The molecule has 0 radical (unpaired) electrons. The van der Waals surface area contributed by atoms with Gasteiger partial charge >= 0.3 is 0 Å². The van der Waals surface area contributed by atoms with Crippen LogP contribution < -0.4 is 15.8 Å². The number of hydrogen-bond acceptors (Lipinski definition) is 3. The van der Waals surface area contributed by atoms with Gasteiger partial charge in [-0.25, -0.2) is 0 Å². The Morgan fingerprint density at radius 3 is 2.73 bits per heavy atom. The minimum absolute atomic E-state index is 0.0926. The summed E-state index contributed by atoms with van der Waals surface area (Å²) >= 11 is 0. The lowest BCUT2D eigenvalue weighted by atomic mass is 9.99. The number of nitrogens with one attached hydrogen (secondary N) is 1. The van der Waals surface area contributed by atoms with Crippen molar-refractivity contribution in [2.75, 3.05) is 0 Å². The highest BCUT2D eigenvalue weighted by Gasteiger charge is 2.20. The van der Waals surface area contributed by atoms with Gasteiger partial charge in [0.2, 0.25) is 5.91 Å². The molecule has 2 rings (SSSR count). The summed E-state index contributed by atoms with van der Waals surface area (Å²) in [6, 6.07) is 7.47. The molecule has 22 heavy (non-hydrogen) atoms. The van der Waals surface area contributed by atoms with Crippen LogP contribution in [0.5, 0.6) is 5.75 Å². The van der Waals surface area contributed by atoms with Crippen molar-refractivity contribution >= 4 is 5.91 Å². The highest BCUT2D eigenvalue weighted by molar-refractivity contribution is 5.81. The first kappa shape index (κ1) is 16.8. The second-order valence-corrected chi connectivity index (χ2v) is 6.26. The highest BCUT2D eigenvalue weighted by atomic mass is 16.5. The fourth-order valence-corrected chi connectivity index (χ4v) is 2.76. The van der Waals surface area contributed by atoms with Crippen molar-refractivity contribution in [1.82, 2.24) is 5.32 Å². The summed E-state index contributed by atoms with van der Waals surface area (Å²) < 4.78 is 6.09. The quantitative estimate of drug-likeness (QED) is 0.814. The maximum Gasteiger partial charge on any atom is 0.237 e. The van der Waals surface area contributed by atoms with Crippen molar-refractivity contribution in [3.63, 3.8) is 0 Å². The number of nitrogens with two attached hydrogens (primary N) is 1. The van der Waals surface area contributed by atoms with Gasteiger partial charge in [-0.2, -0.15) is 0 Å². The first-order valence-electron chi connectivity index (χ1n) is 8.39. The van der Waals surface area contributed by atoms with Crippen molar-refractivity contribution in [2.45, 2.75) is 64.6 Å². The Morgan fingerprint density at radius 1 is 1.36 bits per heavy atom. The van der Waals surface area contributed by atoms with Gasteiger partial charge in [-0.15, -0.1) is 0 Å². The number of carbonyl (C=O) groups excluding carboxylic acids is 1. The van der Waals surface area contributed by atoms with Crippen molar-refractivity contribution in [3.8, 4) is 5.75 Å². The SMILES string of the molecule is CCC(C)C(N)C(=O)NCc1ccccc1OC1CCCC1. The van der Waals surface area contributed by atoms with E-state index in [2.05, 4.69) is 5.32 Å². The summed E-state index contributed by atoms with van der Waals surface area (Å²) in [6.07, 6.45) is 5.95. The molecule has 0 aliphatic heterocycles. The first-order valence-corrected chi connectivity index (χ1v) is 8.39. The number of amides is 1. The van der Waals surface area contributed by atoms with Crippen molar-refractivity contribution < 1.29 is 9.53 Å². The van der Waals surface area contributed by atoms with Crippen molar-refractivity contribution in [2.24, 2.45) is 11.7 Å². The molecule has 1 aromatic carbocycles. The van der Waals surface area contributed by atoms with Crippen LogP contribution in [0, 0.1) is 5.92 Å². The molecule has 1 amide bonds. The summed E-state index contributed by atoms with van der Waals surface area (Å²) in [5, 5.41) is 2.94. The van der Waals surface area contributed by atoms with Crippen molar-refractivity contribution in [1.29, 1.82) is 0 Å². The van der Waals surface area contributed by atoms with E-state index in [1.165, 1.54) is 12.8 Å². The number of carbonyl (C=O) groups is 1. The Labute approximate surface area is 133 Å². The monoisotopic (exact) mass is 304 g/mol. The van der Waals surface area contributed by atoms with Crippen LogP contribution in [0.15, 0.2) is 24.3 Å². The Morgan fingerprint density at radius 2 is 2.05 bits per heavy atom. The van der Waals surface area contributed by atoms with Gasteiger partial charge in [0.25, 0.3) is 0 Å². The molecule has 122 valence electrons. The lowest BCUT2D eigenvalue weighted by molar-refractivity contribution is -0.123. The summed E-state index contributed by atoms with van der Waals surface area (Å²) in [6.45, 7) is 4.51. The van der Waals surface area contributed by atoms with Gasteiger partial charge in [0, 0.05) is 12.1 Å². The van der Waals surface area contributed by atoms with Gasteiger partial charge in [-0.3, -0.25) is 4.79 Å². The molecule has 4 nitrogen and oxygen atoms in total. The van der Waals surface area contributed by atoms with E-state index in [0.717, 1.165) is 30.6 Å². The zero-order valence-corrected chi connectivity index (χ0v) is 13.7. The van der Waals surface area contributed by atoms with Gasteiger partial charge in [-0.05, 0) is 37.7 Å². The third-order valence-electron chi connectivity index (χ3n) is 4.58. The van der Waals surface area contributed by atoms with E-state index in [9.17, 15) is 4.79 Å². The normalized spacial score (nSPS) is 18.0. The molecule has 4 heteroatoms. The van der Waals surface area contributed by atoms with E-state index in [4.69, 9.17) is 10.5 Å². The smallest absolute Gasteiger partial charge is 0.237 e. The van der Waals surface area contributed by atoms with Gasteiger partial charge in [0.15, 0.2) is 0 Å². The maximum atomic E-state index is 12.1. The molecule has 1 aliphatic carbocycles. The third-order valence-corrected chi connectivity index (χ3v) is 4.58. The minimum Gasteiger partial charge on any atom is -0.490 e. The summed E-state index contributed by atoms with van der Waals surface area (Å²) in [4.78, 5) is 12.1. The van der Waals surface area contributed by atoms with Crippen LogP contribution in [-0.2, 0) is 11.3 Å². The average Bonchev–Trinajstić information content (AvgIpc) is 3.05. The molecule has 1 saturated carbocycles. The van der Waals surface area contributed by atoms with Crippen LogP contribution in [0.2, 0.25) is 0 Å². The molecular formula is C18H28N2O2. The minimum atomic E-state index is -0.451. The highest BCUT2D eigenvalue weighted by Crippen LogP contribution is 2.26. The lowest BCUT2D eigenvalue weighted by Crippen LogP contribution is -2.44. The number of rotatable bonds is 7.